The molecule has 0 heterocycles. The molecule has 0 atom stereocenters. The lowest BCUT2D eigenvalue weighted by Gasteiger charge is -2.08. The highest BCUT2D eigenvalue weighted by Crippen LogP contribution is 2.21. The van der Waals surface area contributed by atoms with Crippen LogP contribution in [-0.4, -0.2) is 38.1 Å². The second kappa shape index (κ2) is 9.74. The summed E-state index contributed by atoms with van der Waals surface area (Å²) >= 11 is 0. The van der Waals surface area contributed by atoms with Gasteiger partial charge in [0.1, 0.15) is 5.84 Å². The Morgan fingerprint density at radius 2 is 2.15 bits per heavy atom. The van der Waals surface area contributed by atoms with E-state index in [1.165, 1.54) is 12.1 Å². The number of non-ortho nitro benzene ring substituents is 1. The van der Waals surface area contributed by atoms with Gasteiger partial charge in [-0.15, -0.1) is 0 Å². The predicted molar refractivity (Wildman–Crippen MR) is 81.5 cm³/mol. The average molecular weight is 282 g/mol. The molecule has 0 radical (unpaired) electrons. The Labute approximate surface area is 119 Å². The number of anilines is 1. The third-order valence-corrected chi connectivity index (χ3v) is 2.34. The number of rotatable bonds is 6. The maximum atomic E-state index is 10.7. The molecular formula is C13H22N4O3. The Morgan fingerprint density at radius 1 is 1.50 bits per heavy atom. The Bertz CT molecular complexity index is 461. The molecule has 1 aromatic carbocycles. The Hall–Kier alpha value is -2.15. The van der Waals surface area contributed by atoms with Gasteiger partial charge >= 0.3 is 0 Å². The van der Waals surface area contributed by atoms with Crippen molar-refractivity contribution < 1.29 is 9.66 Å². The third kappa shape index (κ3) is 5.23. The van der Waals surface area contributed by atoms with Gasteiger partial charge in [0, 0.05) is 37.5 Å². The molecule has 0 aliphatic rings. The molecule has 0 bridgehead atoms. The monoisotopic (exact) mass is 282 g/mol. The molecule has 0 aromatic heterocycles. The number of nitrogens with one attached hydrogen (secondary N) is 1. The van der Waals surface area contributed by atoms with Gasteiger partial charge in [-0.1, -0.05) is 13.8 Å². The SMILES string of the molecule is CC.CNc1ccc([N+](=O)[O-])cc1C(N)=NCCOC. The molecule has 0 spiro atoms. The number of ether oxygens (including phenoxy) is 1. The fourth-order valence-electron chi connectivity index (χ4n) is 1.42. The fourth-order valence-corrected chi connectivity index (χ4v) is 1.42. The number of methoxy groups -OCH3 is 1. The van der Waals surface area contributed by atoms with Crippen molar-refractivity contribution in [1.29, 1.82) is 0 Å². The van der Waals surface area contributed by atoms with E-state index in [2.05, 4.69) is 10.3 Å². The summed E-state index contributed by atoms with van der Waals surface area (Å²) in [7, 11) is 3.28. The van der Waals surface area contributed by atoms with Crippen LogP contribution in [0.2, 0.25) is 0 Å². The fraction of sp³-hybridized carbons (Fsp3) is 0.462. The number of amidine groups is 1. The molecule has 3 N–H and O–H groups in total. The predicted octanol–water partition coefficient (Wildman–Crippen LogP) is 2.01. The van der Waals surface area contributed by atoms with Crippen molar-refractivity contribution in [3.63, 3.8) is 0 Å². The van der Waals surface area contributed by atoms with Crippen LogP contribution in [-0.2, 0) is 4.74 Å². The van der Waals surface area contributed by atoms with E-state index in [0.29, 0.717) is 24.4 Å². The standard InChI is InChI=1S/C11H16N4O3.C2H6/c1-13-10-4-3-8(15(16)17)7-9(10)11(12)14-5-6-18-2;1-2/h3-4,7,13H,5-6H2,1-2H3,(H2,12,14);1-2H3. The molecule has 0 fully saturated rings. The second-order valence-electron chi connectivity index (χ2n) is 3.50. The zero-order valence-electron chi connectivity index (χ0n) is 12.3. The van der Waals surface area contributed by atoms with E-state index in [-0.39, 0.29) is 11.5 Å². The lowest BCUT2D eigenvalue weighted by Crippen LogP contribution is -2.17. The molecule has 0 unspecified atom stereocenters. The topological polar surface area (TPSA) is 103 Å². The molecule has 0 aliphatic heterocycles. The van der Waals surface area contributed by atoms with E-state index in [0.717, 1.165) is 0 Å². The van der Waals surface area contributed by atoms with Crippen molar-refractivity contribution in [2.75, 3.05) is 32.6 Å². The summed E-state index contributed by atoms with van der Waals surface area (Å²) in [4.78, 5) is 14.4. The molecular weight excluding hydrogens is 260 g/mol. The molecule has 1 aromatic rings. The summed E-state index contributed by atoms with van der Waals surface area (Å²) in [6.07, 6.45) is 0. The number of nitro benzene ring substituents is 1. The van der Waals surface area contributed by atoms with Gasteiger partial charge in [0.2, 0.25) is 0 Å². The van der Waals surface area contributed by atoms with Gasteiger partial charge < -0.3 is 15.8 Å². The molecule has 0 amide bonds. The van der Waals surface area contributed by atoms with Crippen molar-refractivity contribution in [2.24, 2.45) is 10.7 Å². The van der Waals surface area contributed by atoms with Gasteiger partial charge in [-0.25, -0.2) is 0 Å². The van der Waals surface area contributed by atoms with Crippen LogP contribution in [0.15, 0.2) is 23.2 Å². The summed E-state index contributed by atoms with van der Waals surface area (Å²) in [6.45, 7) is 4.86. The zero-order chi connectivity index (χ0) is 15.5. The number of hydrogen-bond acceptors (Lipinski definition) is 5. The van der Waals surface area contributed by atoms with E-state index < -0.39 is 4.92 Å². The Balaban J connectivity index is 0.00000172. The maximum Gasteiger partial charge on any atom is 0.270 e. The highest BCUT2D eigenvalue weighted by atomic mass is 16.6. The first-order chi connectivity index (χ1) is 9.60. The maximum absolute atomic E-state index is 10.7. The van der Waals surface area contributed by atoms with Crippen LogP contribution < -0.4 is 11.1 Å². The number of nitro groups is 1. The van der Waals surface area contributed by atoms with Gasteiger partial charge in [-0.05, 0) is 6.07 Å². The third-order valence-electron chi connectivity index (χ3n) is 2.34. The normalized spacial score (nSPS) is 10.5. The van der Waals surface area contributed by atoms with Crippen LogP contribution >= 0.6 is 0 Å². The van der Waals surface area contributed by atoms with Crippen molar-refractivity contribution >= 4 is 17.2 Å². The molecule has 7 heteroatoms. The zero-order valence-corrected chi connectivity index (χ0v) is 12.3. The second-order valence-corrected chi connectivity index (χ2v) is 3.50. The largest absolute Gasteiger partial charge is 0.388 e. The van der Waals surface area contributed by atoms with Gasteiger partial charge in [0.15, 0.2) is 0 Å². The number of nitrogens with zero attached hydrogens (tertiary/aromatic N) is 2. The summed E-state index contributed by atoms with van der Waals surface area (Å²) < 4.78 is 4.86. The van der Waals surface area contributed by atoms with Crippen molar-refractivity contribution in [2.45, 2.75) is 13.8 Å². The molecule has 0 aliphatic carbocycles. The molecule has 20 heavy (non-hydrogen) atoms. The van der Waals surface area contributed by atoms with Gasteiger partial charge in [0.25, 0.3) is 5.69 Å². The Morgan fingerprint density at radius 3 is 2.65 bits per heavy atom. The molecule has 0 saturated carbocycles. The van der Waals surface area contributed by atoms with Gasteiger partial charge in [-0.3, -0.25) is 15.1 Å². The van der Waals surface area contributed by atoms with E-state index >= 15 is 0 Å². The summed E-state index contributed by atoms with van der Waals surface area (Å²) in [5, 5.41) is 13.6. The van der Waals surface area contributed by atoms with Crippen molar-refractivity contribution in [1.82, 2.24) is 0 Å². The first kappa shape index (κ1) is 17.8. The van der Waals surface area contributed by atoms with Crippen LogP contribution in [0.4, 0.5) is 11.4 Å². The van der Waals surface area contributed by atoms with Crippen LogP contribution in [0.5, 0.6) is 0 Å². The highest BCUT2D eigenvalue weighted by molar-refractivity contribution is 6.03. The number of hydrogen-bond donors (Lipinski definition) is 2. The highest BCUT2D eigenvalue weighted by Gasteiger charge is 2.12. The van der Waals surface area contributed by atoms with Crippen LogP contribution in [0.25, 0.3) is 0 Å². The number of benzene rings is 1. The van der Waals surface area contributed by atoms with Crippen LogP contribution in [0.1, 0.15) is 19.4 Å². The minimum atomic E-state index is -0.467. The summed E-state index contributed by atoms with van der Waals surface area (Å²) in [5.74, 6) is 0.250. The van der Waals surface area contributed by atoms with E-state index in [1.54, 1.807) is 20.2 Å². The Kier molecular flexibility index (Phi) is 8.69. The molecule has 0 saturated heterocycles. The molecule has 112 valence electrons. The van der Waals surface area contributed by atoms with Gasteiger partial charge in [0.05, 0.1) is 18.1 Å². The van der Waals surface area contributed by atoms with Crippen LogP contribution in [0.3, 0.4) is 0 Å². The van der Waals surface area contributed by atoms with E-state index in [9.17, 15) is 10.1 Å². The first-order valence-corrected chi connectivity index (χ1v) is 6.35. The minimum absolute atomic E-state index is 0.0195. The van der Waals surface area contributed by atoms with Crippen LogP contribution in [0, 0.1) is 10.1 Å². The average Bonchev–Trinajstić information content (AvgIpc) is 2.48. The minimum Gasteiger partial charge on any atom is -0.388 e. The number of nitrogens with two attached hydrogens (primary N) is 1. The van der Waals surface area contributed by atoms with E-state index in [4.69, 9.17) is 10.5 Å². The first-order valence-electron chi connectivity index (χ1n) is 6.35. The molecule has 7 nitrogen and oxygen atoms in total. The molecule has 1 rings (SSSR count). The van der Waals surface area contributed by atoms with Gasteiger partial charge in [-0.2, -0.15) is 0 Å². The van der Waals surface area contributed by atoms with Crippen molar-refractivity contribution in [3.05, 3.63) is 33.9 Å². The lowest BCUT2D eigenvalue weighted by atomic mass is 10.1. The smallest absolute Gasteiger partial charge is 0.270 e. The quantitative estimate of drug-likeness (QED) is 0.273. The lowest BCUT2D eigenvalue weighted by molar-refractivity contribution is -0.384. The van der Waals surface area contributed by atoms with E-state index in [1.807, 2.05) is 13.8 Å². The van der Waals surface area contributed by atoms with Crippen molar-refractivity contribution in [3.8, 4) is 0 Å². The number of aliphatic imine (C=N–C) groups is 1. The summed E-state index contributed by atoms with van der Waals surface area (Å²) in [6, 6.07) is 4.42. The summed E-state index contributed by atoms with van der Waals surface area (Å²) in [5.41, 5.74) is 7.00.